The molecule has 4 rings (SSSR count). The van der Waals surface area contributed by atoms with Crippen molar-refractivity contribution in [1.29, 1.82) is 0 Å². The summed E-state index contributed by atoms with van der Waals surface area (Å²) in [7, 11) is 0. The molecule has 1 saturated heterocycles. The van der Waals surface area contributed by atoms with Gasteiger partial charge in [0, 0.05) is 45.2 Å². The Morgan fingerprint density at radius 1 is 1.00 bits per heavy atom. The van der Waals surface area contributed by atoms with Gasteiger partial charge in [-0.25, -0.2) is 0 Å². The van der Waals surface area contributed by atoms with Gasteiger partial charge in [0.15, 0.2) is 11.5 Å². The van der Waals surface area contributed by atoms with Crippen molar-refractivity contribution in [3.8, 4) is 0 Å². The van der Waals surface area contributed by atoms with Crippen LogP contribution >= 0.6 is 0 Å². The van der Waals surface area contributed by atoms with Crippen LogP contribution in [-0.2, 0) is 13.0 Å². The molecule has 3 heterocycles. The fourth-order valence-electron chi connectivity index (χ4n) is 3.65. The molecular weight excluding hydrogens is 336 g/mol. The van der Waals surface area contributed by atoms with E-state index in [4.69, 9.17) is 0 Å². The summed E-state index contributed by atoms with van der Waals surface area (Å²) in [6, 6.07) is 11.2. The molecule has 1 aliphatic heterocycles. The van der Waals surface area contributed by atoms with Gasteiger partial charge in [0.2, 0.25) is 0 Å². The Balaban J connectivity index is 1.37. The molecular formula is C21H28N6. The van der Waals surface area contributed by atoms with Crippen molar-refractivity contribution in [2.75, 3.05) is 31.1 Å². The summed E-state index contributed by atoms with van der Waals surface area (Å²) in [5.41, 5.74) is 4.77. The molecule has 0 aliphatic carbocycles. The van der Waals surface area contributed by atoms with E-state index in [9.17, 15) is 0 Å². The van der Waals surface area contributed by atoms with Gasteiger partial charge in [-0.2, -0.15) is 9.61 Å². The van der Waals surface area contributed by atoms with Crippen molar-refractivity contribution >= 4 is 11.3 Å². The van der Waals surface area contributed by atoms with E-state index in [0.717, 1.165) is 56.3 Å². The number of benzene rings is 1. The lowest BCUT2D eigenvalue weighted by atomic mass is 10.0. The molecule has 0 unspecified atom stereocenters. The van der Waals surface area contributed by atoms with E-state index in [-0.39, 0.29) is 0 Å². The second-order valence-corrected chi connectivity index (χ2v) is 7.61. The summed E-state index contributed by atoms with van der Waals surface area (Å²) in [6.07, 6.45) is 2.78. The van der Waals surface area contributed by atoms with Crippen molar-refractivity contribution in [3.05, 3.63) is 53.5 Å². The molecule has 0 saturated carbocycles. The van der Waals surface area contributed by atoms with E-state index < -0.39 is 0 Å². The summed E-state index contributed by atoms with van der Waals surface area (Å²) in [4.78, 5) is 4.92. The molecule has 6 nitrogen and oxygen atoms in total. The molecule has 3 aromatic rings. The SMILES string of the molecule is CCc1nnc2cc(N3CCN(Cc4ccc(C(C)C)cc4)CC3)cnn12. The first-order valence-electron chi connectivity index (χ1n) is 9.90. The maximum Gasteiger partial charge on any atom is 0.179 e. The Morgan fingerprint density at radius 3 is 2.41 bits per heavy atom. The molecule has 0 amide bonds. The van der Waals surface area contributed by atoms with Crippen LogP contribution in [0, 0.1) is 0 Å². The maximum atomic E-state index is 4.53. The van der Waals surface area contributed by atoms with Crippen LogP contribution in [0.25, 0.3) is 5.65 Å². The number of anilines is 1. The molecule has 0 N–H and O–H groups in total. The number of fused-ring (bicyclic) bond motifs is 1. The third kappa shape index (κ3) is 3.81. The van der Waals surface area contributed by atoms with E-state index >= 15 is 0 Å². The van der Waals surface area contributed by atoms with Crippen LogP contribution in [0.5, 0.6) is 0 Å². The monoisotopic (exact) mass is 364 g/mol. The largest absolute Gasteiger partial charge is 0.368 e. The first-order valence-corrected chi connectivity index (χ1v) is 9.90. The average Bonchev–Trinajstić information content (AvgIpc) is 3.11. The third-order valence-electron chi connectivity index (χ3n) is 5.42. The lowest BCUT2D eigenvalue weighted by molar-refractivity contribution is 0.250. The minimum Gasteiger partial charge on any atom is -0.368 e. The highest BCUT2D eigenvalue weighted by Crippen LogP contribution is 2.19. The van der Waals surface area contributed by atoms with E-state index in [0.29, 0.717) is 5.92 Å². The summed E-state index contributed by atoms with van der Waals surface area (Å²) in [5.74, 6) is 1.50. The van der Waals surface area contributed by atoms with E-state index in [2.05, 4.69) is 76.2 Å². The topological polar surface area (TPSA) is 49.6 Å². The normalized spacial score (nSPS) is 15.8. The zero-order valence-corrected chi connectivity index (χ0v) is 16.5. The standard InChI is InChI=1S/C21H28N6/c1-4-20-23-24-21-13-19(14-22-27(20)21)26-11-9-25(10-12-26)15-17-5-7-18(8-6-17)16(2)3/h5-8,13-14,16H,4,9-12,15H2,1-3H3. The van der Waals surface area contributed by atoms with Crippen LogP contribution in [-0.4, -0.2) is 50.9 Å². The van der Waals surface area contributed by atoms with Crippen molar-refractivity contribution < 1.29 is 0 Å². The zero-order valence-electron chi connectivity index (χ0n) is 16.5. The Kier molecular flexibility index (Phi) is 5.07. The van der Waals surface area contributed by atoms with E-state index in [1.165, 1.54) is 11.1 Å². The number of hydrogen-bond acceptors (Lipinski definition) is 5. The van der Waals surface area contributed by atoms with Crippen molar-refractivity contribution in [3.63, 3.8) is 0 Å². The summed E-state index contributed by atoms with van der Waals surface area (Å²) < 4.78 is 1.83. The number of aromatic nitrogens is 4. The Labute approximate surface area is 160 Å². The molecule has 0 spiro atoms. The second-order valence-electron chi connectivity index (χ2n) is 7.61. The van der Waals surface area contributed by atoms with Crippen LogP contribution in [0.2, 0.25) is 0 Å². The summed E-state index contributed by atoms with van der Waals surface area (Å²) in [6.45, 7) is 11.7. The summed E-state index contributed by atoms with van der Waals surface area (Å²) >= 11 is 0. The Morgan fingerprint density at radius 2 is 1.74 bits per heavy atom. The molecule has 0 radical (unpaired) electrons. The number of hydrogen-bond donors (Lipinski definition) is 0. The average molecular weight is 364 g/mol. The van der Waals surface area contributed by atoms with Crippen LogP contribution < -0.4 is 4.90 Å². The quantitative estimate of drug-likeness (QED) is 0.696. The smallest absolute Gasteiger partial charge is 0.179 e. The third-order valence-corrected chi connectivity index (χ3v) is 5.42. The predicted molar refractivity (Wildman–Crippen MR) is 108 cm³/mol. The molecule has 1 aromatic carbocycles. The molecule has 27 heavy (non-hydrogen) atoms. The van der Waals surface area contributed by atoms with Gasteiger partial charge in [0.1, 0.15) is 0 Å². The van der Waals surface area contributed by atoms with Gasteiger partial charge in [-0.05, 0) is 17.0 Å². The van der Waals surface area contributed by atoms with Gasteiger partial charge < -0.3 is 4.90 Å². The van der Waals surface area contributed by atoms with Gasteiger partial charge >= 0.3 is 0 Å². The molecule has 142 valence electrons. The van der Waals surface area contributed by atoms with Gasteiger partial charge in [-0.15, -0.1) is 10.2 Å². The first kappa shape index (κ1) is 17.9. The predicted octanol–water partition coefficient (Wildman–Crippen LogP) is 3.13. The lowest BCUT2D eigenvalue weighted by Crippen LogP contribution is -2.46. The van der Waals surface area contributed by atoms with Crippen molar-refractivity contribution in [2.24, 2.45) is 0 Å². The van der Waals surface area contributed by atoms with Gasteiger partial charge in [-0.3, -0.25) is 4.90 Å². The number of piperazine rings is 1. The number of nitrogens with zero attached hydrogens (tertiary/aromatic N) is 6. The van der Waals surface area contributed by atoms with Crippen LogP contribution in [0.1, 0.15) is 43.6 Å². The summed E-state index contributed by atoms with van der Waals surface area (Å²) in [5, 5.41) is 13.0. The first-order chi connectivity index (χ1) is 13.1. The minimum atomic E-state index is 0.590. The van der Waals surface area contributed by atoms with Crippen molar-refractivity contribution in [1.82, 2.24) is 24.7 Å². The minimum absolute atomic E-state index is 0.590. The molecule has 1 fully saturated rings. The molecule has 2 aromatic heterocycles. The highest BCUT2D eigenvalue weighted by molar-refractivity contribution is 5.54. The van der Waals surface area contributed by atoms with Gasteiger partial charge in [-0.1, -0.05) is 45.0 Å². The van der Waals surface area contributed by atoms with Gasteiger partial charge in [0.25, 0.3) is 0 Å². The fourth-order valence-corrected chi connectivity index (χ4v) is 3.65. The zero-order chi connectivity index (χ0) is 18.8. The lowest BCUT2D eigenvalue weighted by Gasteiger charge is -2.35. The molecule has 0 atom stereocenters. The number of rotatable bonds is 5. The Hall–Kier alpha value is -2.47. The highest BCUT2D eigenvalue weighted by Gasteiger charge is 2.18. The Bertz CT molecular complexity index is 891. The highest BCUT2D eigenvalue weighted by atomic mass is 15.4. The molecule has 6 heteroatoms. The van der Waals surface area contributed by atoms with Crippen LogP contribution in [0.4, 0.5) is 5.69 Å². The maximum absolute atomic E-state index is 4.53. The number of aryl methyl sites for hydroxylation is 1. The second kappa shape index (κ2) is 7.64. The molecule has 0 bridgehead atoms. The van der Waals surface area contributed by atoms with E-state index in [1.807, 2.05) is 10.7 Å². The fraction of sp³-hybridized carbons (Fsp3) is 0.476. The van der Waals surface area contributed by atoms with E-state index in [1.54, 1.807) is 0 Å². The van der Waals surface area contributed by atoms with Crippen LogP contribution in [0.3, 0.4) is 0 Å². The van der Waals surface area contributed by atoms with Crippen LogP contribution in [0.15, 0.2) is 36.5 Å². The molecule has 1 aliphatic rings. The van der Waals surface area contributed by atoms with Gasteiger partial charge in [0.05, 0.1) is 11.9 Å². The van der Waals surface area contributed by atoms with Crippen molar-refractivity contribution in [2.45, 2.75) is 39.7 Å².